The predicted octanol–water partition coefficient (Wildman–Crippen LogP) is 4.54. The van der Waals surface area contributed by atoms with Gasteiger partial charge in [-0.15, -0.1) is 11.3 Å². The van der Waals surface area contributed by atoms with Crippen LogP contribution in [-0.4, -0.2) is 35.2 Å². The third kappa shape index (κ3) is 4.46. The molecule has 2 heterocycles. The zero-order chi connectivity index (χ0) is 18.5. The molecule has 4 nitrogen and oxygen atoms in total. The SMILES string of the molecule is CCCc1cc(C(=O)N(Cc2ccccc2O)CC2CCCO2)sc1C. The number of aromatic hydroxyl groups is 1. The maximum atomic E-state index is 13.2. The summed E-state index contributed by atoms with van der Waals surface area (Å²) in [5.41, 5.74) is 2.03. The van der Waals surface area contributed by atoms with E-state index in [-0.39, 0.29) is 17.8 Å². The molecule has 0 bridgehead atoms. The van der Waals surface area contributed by atoms with Crippen molar-refractivity contribution in [1.29, 1.82) is 0 Å². The second-order valence-corrected chi connectivity index (χ2v) is 8.15. The number of carbonyl (C=O) groups excluding carboxylic acids is 1. The van der Waals surface area contributed by atoms with E-state index in [1.54, 1.807) is 23.5 Å². The highest BCUT2D eigenvalue weighted by molar-refractivity contribution is 7.14. The quantitative estimate of drug-likeness (QED) is 0.775. The lowest BCUT2D eigenvalue weighted by Crippen LogP contribution is -2.36. The molecule has 0 saturated carbocycles. The molecule has 2 aromatic rings. The number of benzene rings is 1. The number of carbonyl (C=O) groups is 1. The number of hydrogen-bond donors (Lipinski definition) is 1. The second kappa shape index (κ2) is 8.69. The highest BCUT2D eigenvalue weighted by Crippen LogP contribution is 2.27. The molecule has 1 aliphatic rings. The van der Waals surface area contributed by atoms with Gasteiger partial charge in [0.2, 0.25) is 0 Å². The Morgan fingerprint density at radius 2 is 2.15 bits per heavy atom. The fourth-order valence-electron chi connectivity index (χ4n) is 3.40. The molecule has 1 atom stereocenters. The van der Waals surface area contributed by atoms with E-state index >= 15 is 0 Å². The molecular formula is C21H27NO3S. The van der Waals surface area contributed by atoms with Crippen LogP contribution < -0.4 is 0 Å². The molecule has 1 aromatic heterocycles. The summed E-state index contributed by atoms with van der Waals surface area (Å²) in [5.74, 6) is 0.255. The van der Waals surface area contributed by atoms with E-state index in [0.717, 1.165) is 42.7 Å². The van der Waals surface area contributed by atoms with Crippen LogP contribution in [0, 0.1) is 6.92 Å². The van der Waals surface area contributed by atoms with Gasteiger partial charge in [0.15, 0.2) is 0 Å². The van der Waals surface area contributed by atoms with Gasteiger partial charge in [0.1, 0.15) is 5.75 Å². The number of rotatable bonds is 7. The van der Waals surface area contributed by atoms with Crippen molar-refractivity contribution in [1.82, 2.24) is 4.90 Å². The normalized spacial score (nSPS) is 16.8. The monoisotopic (exact) mass is 373 g/mol. The van der Waals surface area contributed by atoms with E-state index < -0.39 is 0 Å². The Bertz CT molecular complexity index is 749. The lowest BCUT2D eigenvalue weighted by atomic mass is 10.1. The van der Waals surface area contributed by atoms with Crippen molar-refractivity contribution in [2.24, 2.45) is 0 Å². The molecule has 3 rings (SSSR count). The van der Waals surface area contributed by atoms with E-state index in [1.807, 2.05) is 23.1 Å². The highest BCUT2D eigenvalue weighted by Gasteiger charge is 2.25. The van der Waals surface area contributed by atoms with E-state index in [9.17, 15) is 9.90 Å². The molecule has 1 aliphatic heterocycles. The lowest BCUT2D eigenvalue weighted by molar-refractivity contribution is 0.0509. The summed E-state index contributed by atoms with van der Waals surface area (Å²) in [6.07, 6.45) is 4.18. The van der Waals surface area contributed by atoms with Crippen molar-refractivity contribution >= 4 is 17.2 Å². The molecule has 1 fully saturated rings. The van der Waals surface area contributed by atoms with Gasteiger partial charge >= 0.3 is 0 Å². The van der Waals surface area contributed by atoms with Gasteiger partial charge in [-0.2, -0.15) is 0 Å². The molecule has 1 amide bonds. The number of phenolic OH excluding ortho intramolecular Hbond substituents is 1. The molecule has 1 unspecified atom stereocenters. The molecule has 1 aromatic carbocycles. The average Bonchev–Trinajstić information content (AvgIpc) is 3.26. The fraction of sp³-hybridized carbons (Fsp3) is 0.476. The Morgan fingerprint density at radius 3 is 2.85 bits per heavy atom. The van der Waals surface area contributed by atoms with E-state index in [4.69, 9.17) is 4.74 Å². The van der Waals surface area contributed by atoms with Crippen LogP contribution in [0.4, 0.5) is 0 Å². The minimum Gasteiger partial charge on any atom is -0.508 e. The molecule has 140 valence electrons. The third-order valence-electron chi connectivity index (χ3n) is 4.84. The van der Waals surface area contributed by atoms with Crippen LogP contribution >= 0.6 is 11.3 Å². The van der Waals surface area contributed by atoms with Crippen molar-refractivity contribution in [2.45, 2.75) is 52.2 Å². The van der Waals surface area contributed by atoms with Gasteiger partial charge in [0, 0.05) is 30.1 Å². The van der Waals surface area contributed by atoms with Gasteiger partial charge < -0.3 is 14.7 Å². The van der Waals surface area contributed by atoms with Crippen LogP contribution in [0.3, 0.4) is 0 Å². The first-order chi connectivity index (χ1) is 12.6. The smallest absolute Gasteiger partial charge is 0.264 e. The predicted molar refractivity (Wildman–Crippen MR) is 105 cm³/mol. The van der Waals surface area contributed by atoms with Crippen molar-refractivity contribution in [3.05, 3.63) is 51.2 Å². The summed E-state index contributed by atoms with van der Waals surface area (Å²) in [6, 6.07) is 9.26. The van der Waals surface area contributed by atoms with Gasteiger partial charge in [-0.3, -0.25) is 4.79 Å². The third-order valence-corrected chi connectivity index (χ3v) is 5.92. The Balaban J connectivity index is 1.82. The van der Waals surface area contributed by atoms with Crippen LogP contribution in [0.15, 0.2) is 30.3 Å². The first-order valence-corrected chi connectivity index (χ1v) is 10.2. The number of hydrogen-bond acceptors (Lipinski definition) is 4. The summed E-state index contributed by atoms with van der Waals surface area (Å²) >= 11 is 1.57. The van der Waals surface area contributed by atoms with Gasteiger partial charge in [0.25, 0.3) is 5.91 Å². The minimum absolute atomic E-state index is 0.0270. The Hall–Kier alpha value is -1.85. The summed E-state index contributed by atoms with van der Waals surface area (Å²) in [4.78, 5) is 17.0. The standard InChI is InChI=1S/C21H27NO3S/c1-3-7-16-12-20(26-15(16)2)21(24)22(14-18-9-6-11-25-18)13-17-8-4-5-10-19(17)23/h4-5,8,10,12,18,23H,3,6-7,9,11,13-14H2,1-2H3. The largest absolute Gasteiger partial charge is 0.508 e. The topological polar surface area (TPSA) is 49.8 Å². The van der Waals surface area contributed by atoms with Crippen LogP contribution in [0.1, 0.15) is 51.9 Å². The first-order valence-electron chi connectivity index (χ1n) is 9.35. The van der Waals surface area contributed by atoms with Gasteiger partial charge in [0.05, 0.1) is 11.0 Å². The van der Waals surface area contributed by atoms with E-state index in [1.165, 1.54) is 10.4 Å². The van der Waals surface area contributed by atoms with Crippen molar-refractivity contribution < 1.29 is 14.6 Å². The Kier molecular flexibility index (Phi) is 6.33. The number of aryl methyl sites for hydroxylation is 2. The molecular weight excluding hydrogens is 346 g/mol. The molecule has 5 heteroatoms. The molecule has 26 heavy (non-hydrogen) atoms. The lowest BCUT2D eigenvalue weighted by Gasteiger charge is -2.25. The zero-order valence-electron chi connectivity index (χ0n) is 15.5. The van der Waals surface area contributed by atoms with Crippen LogP contribution in [-0.2, 0) is 17.7 Å². The van der Waals surface area contributed by atoms with Crippen LogP contribution in [0.2, 0.25) is 0 Å². The zero-order valence-corrected chi connectivity index (χ0v) is 16.3. The fourth-order valence-corrected chi connectivity index (χ4v) is 4.44. The minimum atomic E-state index is 0.0270. The summed E-state index contributed by atoms with van der Waals surface area (Å²) in [6.45, 7) is 5.96. The van der Waals surface area contributed by atoms with Gasteiger partial charge in [-0.05, 0) is 43.9 Å². The number of nitrogens with zero attached hydrogens (tertiary/aromatic N) is 1. The molecule has 0 aliphatic carbocycles. The molecule has 0 spiro atoms. The summed E-state index contributed by atoms with van der Waals surface area (Å²) in [7, 11) is 0. The van der Waals surface area contributed by atoms with Crippen molar-refractivity contribution in [3.8, 4) is 5.75 Å². The second-order valence-electron chi connectivity index (χ2n) is 6.89. The van der Waals surface area contributed by atoms with Gasteiger partial charge in [-0.1, -0.05) is 31.5 Å². The van der Waals surface area contributed by atoms with Crippen LogP contribution in [0.25, 0.3) is 0 Å². The summed E-state index contributed by atoms with van der Waals surface area (Å²) in [5, 5.41) is 10.1. The average molecular weight is 374 g/mol. The molecule has 1 saturated heterocycles. The number of ether oxygens (including phenoxy) is 1. The van der Waals surface area contributed by atoms with E-state index in [0.29, 0.717) is 13.1 Å². The van der Waals surface area contributed by atoms with Crippen LogP contribution in [0.5, 0.6) is 5.75 Å². The molecule has 1 N–H and O–H groups in total. The Labute approximate surface area is 159 Å². The maximum Gasteiger partial charge on any atom is 0.264 e. The first kappa shape index (κ1) is 18.9. The maximum absolute atomic E-state index is 13.2. The number of thiophene rings is 1. The van der Waals surface area contributed by atoms with Crippen molar-refractivity contribution in [3.63, 3.8) is 0 Å². The number of phenols is 1. The molecule has 0 radical (unpaired) electrons. The number of para-hydroxylation sites is 1. The highest BCUT2D eigenvalue weighted by atomic mass is 32.1. The number of amides is 1. The van der Waals surface area contributed by atoms with E-state index in [2.05, 4.69) is 13.8 Å². The summed E-state index contributed by atoms with van der Waals surface area (Å²) < 4.78 is 5.75. The van der Waals surface area contributed by atoms with Gasteiger partial charge in [-0.25, -0.2) is 0 Å². The Morgan fingerprint density at radius 1 is 1.35 bits per heavy atom. The van der Waals surface area contributed by atoms with Crippen molar-refractivity contribution in [2.75, 3.05) is 13.2 Å².